The number of rotatable bonds is 2. The molecule has 3 aromatic carbocycles. The number of hydrogen-bond donors (Lipinski definition) is 1. The first-order valence-corrected chi connectivity index (χ1v) is 8.45. The second-order valence-electron chi connectivity index (χ2n) is 6.22. The fraction of sp³-hybridized carbons (Fsp3) is 0.0952. The molecule has 2 aliphatic rings. The average Bonchev–Trinajstić information content (AvgIpc) is 3.16. The number of fused-ring (bicyclic) bond motifs is 2. The highest BCUT2D eigenvalue weighted by Crippen LogP contribution is 2.41. The molecule has 0 radical (unpaired) electrons. The van der Waals surface area contributed by atoms with Crippen molar-refractivity contribution in [2.75, 3.05) is 17.0 Å². The first-order valence-electron chi connectivity index (χ1n) is 8.45. The van der Waals surface area contributed by atoms with E-state index in [1.165, 1.54) is 0 Å². The molecule has 5 nitrogen and oxygen atoms in total. The Bertz CT molecular complexity index is 988. The molecule has 1 atom stereocenters. The molecule has 1 amide bonds. The normalized spacial score (nSPS) is 17.6. The van der Waals surface area contributed by atoms with Crippen LogP contribution in [0.15, 0.2) is 72.8 Å². The molecule has 128 valence electrons. The third-order valence-electron chi connectivity index (χ3n) is 4.68. The molecular weight excluding hydrogens is 328 g/mol. The van der Waals surface area contributed by atoms with Crippen molar-refractivity contribution >= 4 is 17.3 Å². The molecule has 1 unspecified atom stereocenters. The SMILES string of the molecule is O=C1c2ccccc2NC(c2ccccc2)N1c1ccc2c(c1)OCO2. The molecule has 5 rings (SSSR count). The van der Waals surface area contributed by atoms with Crippen LogP contribution in [0.25, 0.3) is 0 Å². The maximum atomic E-state index is 13.3. The van der Waals surface area contributed by atoms with E-state index in [0.717, 1.165) is 16.9 Å². The van der Waals surface area contributed by atoms with Crippen LogP contribution in [0.2, 0.25) is 0 Å². The minimum Gasteiger partial charge on any atom is -0.454 e. The molecule has 0 aliphatic carbocycles. The van der Waals surface area contributed by atoms with Crippen LogP contribution in [0, 0.1) is 0 Å². The summed E-state index contributed by atoms with van der Waals surface area (Å²) in [6.07, 6.45) is -0.307. The highest BCUT2D eigenvalue weighted by Gasteiger charge is 2.34. The van der Waals surface area contributed by atoms with Crippen molar-refractivity contribution in [2.45, 2.75) is 6.17 Å². The van der Waals surface area contributed by atoms with E-state index < -0.39 is 0 Å². The number of nitrogens with zero attached hydrogens (tertiary/aromatic N) is 1. The van der Waals surface area contributed by atoms with Gasteiger partial charge in [-0.3, -0.25) is 9.69 Å². The first-order chi connectivity index (χ1) is 12.8. The van der Waals surface area contributed by atoms with Gasteiger partial charge in [-0.25, -0.2) is 0 Å². The van der Waals surface area contributed by atoms with E-state index in [-0.39, 0.29) is 18.9 Å². The Morgan fingerprint density at radius 2 is 1.65 bits per heavy atom. The predicted molar refractivity (Wildman–Crippen MR) is 98.6 cm³/mol. The van der Waals surface area contributed by atoms with E-state index >= 15 is 0 Å². The van der Waals surface area contributed by atoms with E-state index in [1.54, 1.807) is 4.90 Å². The molecule has 2 heterocycles. The Balaban J connectivity index is 1.65. The molecule has 0 spiro atoms. The molecule has 5 heteroatoms. The molecular formula is C21H16N2O3. The monoisotopic (exact) mass is 344 g/mol. The lowest BCUT2D eigenvalue weighted by molar-refractivity contribution is 0.0975. The smallest absolute Gasteiger partial charge is 0.262 e. The van der Waals surface area contributed by atoms with Gasteiger partial charge in [0.05, 0.1) is 11.3 Å². The van der Waals surface area contributed by atoms with Crippen LogP contribution in [-0.4, -0.2) is 12.7 Å². The number of ether oxygens (including phenoxy) is 2. The minimum absolute atomic E-state index is 0.0490. The van der Waals surface area contributed by atoms with E-state index in [1.807, 2.05) is 72.8 Å². The molecule has 0 saturated carbocycles. The topological polar surface area (TPSA) is 50.8 Å². The largest absolute Gasteiger partial charge is 0.454 e. The van der Waals surface area contributed by atoms with Crippen molar-refractivity contribution in [2.24, 2.45) is 0 Å². The molecule has 0 saturated heterocycles. The van der Waals surface area contributed by atoms with E-state index in [2.05, 4.69) is 5.32 Å². The fourth-order valence-electron chi connectivity index (χ4n) is 3.42. The van der Waals surface area contributed by atoms with Crippen molar-refractivity contribution in [1.82, 2.24) is 0 Å². The van der Waals surface area contributed by atoms with Crippen LogP contribution in [0.1, 0.15) is 22.1 Å². The maximum absolute atomic E-state index is 13.3. The third kappa shape index (κ3) is 2.29. The highest BCUT2D eigenvalue weighted by atomic mass is 16.7. The molecule has 1 N–H and O–H groups in total. The first kappa shape index (κ1) is 14.8. The van der Waals surface area contributed by atoms with Crippen molar-refractivity contribution in [1.29, 1.82) is 0 Å². The lowest BCUT2D eigenvalue weighted by atomic mass is 10.0. The van der Waals surface area contributed by atoms with E-state index in [4.69, 9.17) is 9.47 Å². The Labute approximate surface area is 150 Å². The zero-order valence-electron chi connectivity index (χ0n) is 13.9. The summed E-state index contributed by atoms with van der Waals surface area (Å²) in [5, 5.41) is 3.49. The quantitative estimate of drug-likeness (QED) is 0.757. The summed E-state index contributed by atoms with van der Waals surface area (Å²) < 4.78 is 10.9. The van der Waals surface area contributed by atoms with Gasteiger partial charge in [-0.1, -0.05) is 42.5 Å². The van der Waals surface area contributed by atoms with Crippen molar-refractivity contribution in [3.8, 4) is 11.5 Å². The number of carbonyl (C=O) groups excluding carboxylic acids is 1. The van der Waals surface area contributed by atoms with Crippen LogP contribution < -0.4 is 19.7 Å². The van der Waals surface area contributed by atoms with Crippen LogP contribution >= 0.6 is 0 Å². The Kier molecular flexibility index (Phi) is 3.31. The molecule has 0 fully saturated rings. The number of hydrogen-bond acceptors (Lipinski definition) is 4. The summed E-state index contributed by atoms with van der Waals surface area (Å²) in [6.45, 7) is 0.204. The molecule has 26 heavy (non-hydrogen) atoms. The minimum atomic E-state index is -0.307. The number of benzene rings is 3. The van der Waals surface area contributed by atoms with E-state index in [9.17, 15) is 4.79 Å². The lowest BCUT2D eigenvalue weighted by Gasteiger charge is -2.38. The van der Waals surface area contributed by atoms with Gasteiger partial charge in [0, 0.05) is 11.8 Å². The van der Waals surface area contributed by atoms with E-state index in [0.29, 0.717) is 17.1 Å². The standard InChI is InChI=1S/C21H16N2O3/c24-21-16-8-4-5-9-17(16)22-20(14-6-2-1-3-7-14)23(21)15-10-11-18-19(12-15)26-13-25-18/h1-12,20,22H,13H2. The number of para-hydroxylation sites is 1. The van der Waals surface area contributed by atoms with Gasteiger partial charge in [0.1, 0.15) is 6.17 Å². The molecule has 2 aliphatic heterocycles. The van der Waals surface area contributed by atoms with Gasteiger partial charge in [-0.2, -0.15) is 0 Å². The summed E-state index contributed by atoms with van der Waals surface area (Å²) in [5.41, 5.74) is 3.25. The zero-order chi connectivity index (χ0) is 17.5. The van der Waals surface area contributed by atoms with Gasteiger partial charge < -0.3 is 14.8 Å². The second-order valence-corrected chi connectivity index (χ2v) is 6.22. The summed E-state index contributed by atoms with van der Waals surface area (Å²) in [6, 6.07) is 23.1. The van der Waals surface area contributed by atoms with Crippen molar-refractivity contribution in [3.05, 3.63) is 83.9 Å². The van der Waals surface area contributed by atoms with Crippen molar-refractivity contribution < 1.29 is 14.3 Å². The predicted octanol–water partition coefficient (Wildman–Crippen LogP) is 4.19. The highest BCUT2D eigenvalue weighted by molar-refractivity contribution is 6.12. The number of anilines is 2. The number of nitrogens with one attached hydrogen (secondary N) is 1. The van der Waals surface area contributed by atoms with Gasteiger partial charge in [0.25, 0.3) is 5.91 Å². The molecule has 0 aromatic heterocycles. The van der Waals surface area contributed by atoms with Crippen LogP contribution in [0.4, 0.5) is 11.4 Å². The summed E-state index contributed by atoms with van der Waals surface area (Å²) in [5.74, 6) is 1.30. The summed E-state index contributed by atoms with van der Waals surface area (Å²) in [7, 11) is 0. The van der Waals surface area contributed by atoms with Gasteiger partial charge in [-0.05, 0) is 29.8 Å². The fourth-order valence-corrected chi connectivity index (χ4v) is 3.42. The Morgan fingerprint density at radius 1 is 0.885 bits per heavy atom. The zero-order valence-corrected chi connectivity index (χ0v) is 13.9. The van der Waals surface area contributed by atoms with Gasteiger partial charge in [0.2, 0.25) is 6.79 Å². The Morgan fingerprint density at radius 3 is 2.54 bits per heavy atom. The van der Waals surface area contributed by atoms with Gasteiger partial charge in [-0.15, -0.1) is 0 Å². The van der Waals surface area contributed by atoms with Crippen molar-refractivity contribution in [3.63, 3.8) is 0 Å². The number of carbonyl (C=O) groups is 1. The Hall–Kier alpha value is -3.47. The third-order valence-corrected chi connectivity index (χ3v) is 4.68. The van der Waals surface area contributed by atoms with Crippen LogP contribution in [0.3, 0.4) is 0 Å². The van der Waals surface area contributed by atoms with Crippen LogP contribution in [0.5, 0.6) is 11.5 Å². The molecule has 3 aromatic rings. The maximum Gasteiger partial charge on any atom is 0.262 e. The second kappa shape index (κ2) is 5.81. The molecule has 0 bridgehead atoms. The summed E-state index contributed by atoms with van der Waals surface area (Å²) >= 11 is 0. The summed E-state index contributed by atoms with van der Waals surface area (Å²) in [4.78, 5) is 15.1. The van der Waals surface area contributed by atoms with Gasteiger partial charge in [0.15, 0.2) is 11.5 Å². The van der Waals surface area contributed by atoms with Crippen LogP contribution in [-0.2, 0) is 0 Å². The number of amides is 1. The van der Waals surface area contributed by atoms with Gasteiger partial charge >= 0.3 is 0 Å². The lowest BCUT2D eigenvalue weighted by Crippen LogP contribution is -2.43. The average molecular weight is 344 g/mol.